The minimum atomic E-state index is -7.68. The van der Waals surface area contributed by atoms with Crippen molar-refractivity contribution in [1.29, 1.82) is 0 Å². The van der Waals surface area contributed by atoms with Crippen molar-refractivity contribution in [2.45, 2.75) is 67.8 Å². The summed E-state index contributed by atoms with van der Waals surface area (Å²) >= 11 is 0. The van der Waals surface area contributed by atoms with E-state index in [1.165, 1.54) is 5.32 Å². The summed E-state index contributed by atoms with van der Waals surface area (Å²) in [5.74, 6) is -39.4. The van der Waals surface area contributed by atoms with Gasteiger partial charge in [0.25, 0.3) is 5.91 Å². The fourth-order valence-corrected chi connectivity index (χ4v) is 2.23. The molecule has 1 aliphatic rings. The first-order valence-corrected chi connectivity index (χ1v) is 6.92. The third kappa shape index (κ3) is 3.19. The van der Waals surface area contributed by atoms with E-state index in [1.54, 1.807) is 0 Å². The van der Waals surface area contributed by atoms with Crippen molar-refractivity contribution in [3.05, 3.63) is 0 Å². The van der Waals surface area contributed by atoms with Gasteiger partial charge in [0.2, 0.25) is 0 Å². The average Bonchev–Trinajstić information content (AvgIpc) is 2.98. The van der Waals surface area contributed by atoms with Crippen molar-refractivity contribution in [1.82, 2.24) is 5.32 Å². The molecule has 0 spiro atoms. The molecule has 1 fully saturated rings. The Labute approximate surface area is 137 Å². The van der Waals surface area contributed by atoms with Crippen molar-refractivity contribution in [2.24, 2.45) is 0 Å². The minimum Gasteiger partial charge on any atom is -0.348 e. The van der Waals surface area contributed by atoms with Gasteiger partial charge in [-0.05, 0) is 12.8 Å². The normalized spacial score (nSPS) is 18.5. The first-order chi connectivity index (χ1) is 11.4. The van der Waals surface area contributed by atoms with Gasteiger partial charge in [-0.1, -0.05) is 12.8 Å². The van der Waals surface area contributed by atoms with Crippen molar-refractivity contribution < 1.29 is 57.5 Å². The van der Waals surface area contributed by atoms with Gasteiger partial charge in [-0.3, -0.25) is 4.79 Å². The number of halogens is 12. The number of hydrogen-bond donors (Lipinski definition) is 1. The standard InChI is InChI=1S/C12H11F12NO/c13-6(14)8(15,16)10(19,20)12(23,24)11(21,22)9(17,18)7(26)25-5-3-1-2-4-5/h5-6H,1-4H2,(H,25,26). The van der Waals surface area contributed by atoms with Gasteiger partial charge in [-0.2, -0.15) is 43.9 Å². The molecule has 1 N–H and O–H groups in total. The minimum absolute atomic E-state index is 0.00337. The maximum absolute atomic E-state index is 13.5. The van der Waals surface area contributed by atoms with Crippen LogP contribution >= 0.6 is 0 Å². The summed E-state index contributed by atoms with van der Waals surface area (Å²) in [6, 6.07) is -1.14. The molecule has 14 heteroatoms. The predicted molar refractivity (Wildman–Crippen MR) is 61.1 cm³/mol. The van der Waals surface area contributed by atoms with E-state index in [1.807, 2.05) is 0 Å². The van der Waals surface area contributed by atoms with Crippen LogP contribution in [0, 0.1) is 0 Å². The van der Waals surface area contributed by atoms with Crippen LogP contribution in [0.15, 0.2) is 0 Å². The van der Waals surface area contributed by atoms with Crippen LogP contribution in [0.4, 0.5) is 52.7 Å². The van der Waals surface area contributed by atoms with Gasteiger partial charge in [-0.15, -0.1) is 0 Å². The van der Waals surface area contributed by atoms with E-state index in [9.17, 15) is 57.5 Å². The zero-order valence-electron chi connectivity index (χ0n) is 12.4. The van der Waals surface area contributed by atoms with Crippen molar-refractivity contribution >= 4 is 5.91 Å². The number of carbonyl (C=O) groups is 1. The molecule has 0 atom stereocenters. The molecule has 0 aromatic rings. The Kier molecular flexibility index (Phi) is 5.81. The molecule has 0 radical (unpaired) electrons. The molecule has 0 aliphatic heterocycles. The fourth-order valence-electron chi connectivity index (χ4n) is 2.23. The second-order valence-corrected chi connectivity index (χ2v) is 5.68. The fraction of sp³-hybridized carbons (Fsp3) is 0.917. The van der Waals surface area contributed by atoms with Gasteiger partial charge in [-0.25, -0.2) is 8.78 Å². The van der Waals surface area contributed by atoms with Crippen molar-refractivity contribution in [3.8, 4) is 0 Å². The van der Waals surface area contributed by atoms with Crippen LogP contribution in [0.1, 0.15) is 25.7 Å². The zero-order valence-corrected chi connectivity index (χ0v) is 12.4. The number of amides is 1. The van der Waals surface area contributed by atoms with Crippen molar-refractivity contribution in [3.63, 3.8) is 0 Å². The quantitative estimate of drug-likeness (QED) is 0.613. The molecule has 0 saturated heterocycles. The summed E-state index contributed by atoms with van der Waals surface area (Å²) in [7, 11) is 0. The lowest BCUT2D eigenvalue weighted by atomic mass is 9.94. The molecule has 26 heavy (non-hydrogen) atoms. The van der Waals surface area contributed by atoms with Gasteiger partial charge in [0.05, 0.1) is 0 Å². The van der Waals surface area contributed by atoms with E-state index in [0.29, 0.717) is 12.8 Å². The van der Waals surface area contributed by atoms with Crippen LogP contribution in [-0.4, -0.2) is 48.0 Å². The molecule has 1 aliphatic carbocycles. The van der Waals surface area contributed by atoms with E-state index >= 15 is 0 Å². The first-order valence-electron chi connectivity index (χ1n) is 6.92. The molecule has 154 valence electrons. The highest BCUT2D eigenvalue weighted by molar-refractivity contribution is 5.85. The van der Waals surface area contributed by atoms with Crippen LogP contribution in [0.5, 0.6) is 0 Å². The van der Waals surface area contributed by atoms with E-state index in [2.05, 4.69) is 0 Å². The van der Waals surface area contributed by atoms with E-state index in [-0.39, 0.29) is 12.8 Å². The number of carbonyl (C=O) groups excluding carboxylic acids is 1. The first kappa shape index (κ1) is 22.7. The topological polar surface area (TPSA) is 29.1 Å². The molecule has 0 unspecified atom stereocenters. The summed E-state index contributed by atoms with van der Waals surface area (Å²) in [6.45, 7) is 0. The largest absolute Gasteiger partial charge is 0.392 e. The second-order valence-electron chi connectivity index (χ2n) is 5.68. The highest BCUT2D eigenvalue weighted by atomic mass is 19.4. The number of nitrogens with one attached hydrogen (secondary N) is 1. The highest BCUT2D eigenvalue weighted by Gasteiger charge is 2.89. The summed E-state index contributed by atoms with van der Waals surface area (Å²) in [4.78, 5) is 11.2. The molecule has 1 amide bonds. The third-order valence-electron chi connectivity index (χ3n) is 3.85. The van der Waals surface area contributed by atoms with E-state index in [0.717, 1.165) is 0 Å². The molecule has 0 heterocycles. The Hall–Kier alpha value is -1.37. The molecular weight excluding hydrogens is 402 g/mol. The monoisotopic (exact) mass is 413 g/mol. The van der Waals surface area contributed by atoms with Gasteiger partial charge in [0.1, 0.15) is 0 Å². The van der Waals surface area contributed by atoms with Crippen LogP contribution in [0.2, 0.25) is 0 Å². The summed E-state index contributed by atoms with van der Waals surface area (Å²) in [5, 5.41) is 1.23. The van der Waals surface area contributed by atoms with Crippen LogP contribution < -0.4 is 5.32 Å². The Morgan fingerprint density at radius 2 is 1.19 bits per heavy atom. The van der Waals surface area contributed by atoms with Crippen LogP contribution in [0.25, 0.3) is 0 Å². The van der Waals surface area contributed by atoms with Crippen molar-refractivity contribution in [2.75, 3.05) is 0 Å². The van der Waals surface area contributed by atoms with Crippen LogP contribution in [0.3, 0.4) is 0 Å². The smallest absolute Gasteiger partial charge is 0.348 e. The summed E-state index contributed by atoms with van der Waals surface area (Å²) < 4.78 is 155. The predicted octanol–water partition coefficient (Wildman–Crippen LogP) is 4.49. The Bertz CT molecular complexity index is 526. The maximum atomic E-state index is 13.5. The van der Waals surface area contributed by atoms with E-state index in [4.69, 9.17) is 0 Å². The summed E-state index contributed by atoms with van der Waals surface area (Å²) in [6.07, 6.45) is -4.84. The molecule has 2 nitrogen and oxygen atoms in total. The molecule has 0 bridgehead atoms. The lowest BCUT2D eigenvalue weighted by molar-refractivity contribution is -0.407. The molecule has 1 saturated carbocycles. The van der Waals surface area contributed by atoms with Gasteiger partial charge in [0.15, 0.2) is 0 Å². The third-order valence-corrected chi connectivity index (χ3v) is 3.85. The second kappa shape index (κ2) is 6.66. The summed E-state index contributed by atoms with van der Waals surface area (Å²) in [5.41, 5.74) is 0. The number of rotatable bonds is 7. The lowest BCUT2D eigenvalue weighted by Crippen LogP contribution is -2.71. The van der Waals surface area contributed by atoms with Gasteiger partial charge in [0, 0.05) is 6.04 Å². The highest BCUT2D eigenvalue weighted by Crippen LogP contribution is 2.58. The SMILES string of the molecule is O=C(NC1CCCC1)C(F)(F)C(F)(F)C(F)(F)C(F)(F)C(F)(F)C(F)F. The molecule has 0 aromatic carbocycles. The Balaban J connectivity index is 3.24. The Morgan fingerprint density at radius 3 is 1.58 bits per heavy atom. The zero-order chi connectivity index (χ0) is 20.8. The maximum Gasteiger partial charge on any atom is 0.392 e. The molecule has 0 aromatic heterocycles. The van der Waals surface area contributed by atoms with Gasteiger partial charge >= 0.3 is 36.0 Å². The Morgan fingerprint density at radius 1 is 0.769 bits per heavy atom. The lowest BCUT2D eigenvalue weighted by Gasteiger charge is -2.38. The van der Waals surface area contributed by atoms with Crippen LogP contribution in [-0.2, 0) is 4.79 Å². The number of hydrogen-bond acceptors (Lipinski definition) is 1. The molecular formula is C12H11F12NO. The molecule has 1 rings (SSSR count). The van der Waals surface area contributed by atoms with Gasteiger partial charge < -0.3 is 5.32 Å². The average molecular weight is 413 g/mol. The number of alkyl halides is 12. The van der Waals surface area contributed by atoms with E-state index < -0.39 is 48.0 Å².